The summed E-state index contributed by atoms with van der Waals surface area (Å²) < 4.78 is 0. The molecule has 1 atom stereocenters. The average Bonchev–Trinajstić information content (AvgIpc) is 2.36. The van der Waals surface area contributed by atoms with Crippen LogP contribution < -0.4 is 0 Å². The Morgan fingerprint density at radius 1 is 1.32 bits per heavy atom. The number of nitrogens with zero attached hydrogens (tertiary/aromatic N) is 1. The number of carbonyl (C=O) groups is 1. The number of Topliss-reactive ketones (excluding diaryl/α,β-unsaturated/α-hetero) is 1. The predicted molar refractivity (Wildman–Crippen MR) is 80.1 cm³/mol. The molecule has 2 nitrogen and oxygen atoms in total. The Balaban J connectivity index is 2.20. The Morgan fingerprint density at radius 3 is 2.74 bits per heavy atom. The van der Waals surface area contributed by atoms with E-state index >= 15 is 0 Å². The monoisotopic (exact) mass is 257 g/mol. The third kappa shape index (κ3) is 3.54. The number of benzene rings is 1. The van der Waals surface area contributed by atoms with Crippen LogP contribution in [-0.4, -0.2) is 31.3 Å². The van der Waals surface area contributed by atoms with Crippen molar-refractivity contribution in [3.8, 4) is 0 Å². The molecule has 1 unspecified atom stereocenters. The number of carbonyl (C=O) groups excluding carboxylic acids is 1. The molecule has 0 N–H and O–H groups in total. The van der Waals surface area contributed by atoms with Crippen LogP contribution in [0.3, 0.4) is 0 Å². The fourth-order valence-corrected chi connectivity index (χ4v) is 2.75. The standard InChI is InChI=1S/C17H23NO/c1-13-7-4-5-8-14(13)11-15-9-6-10-16(17(15)19)12-18(2)3/h4-5,7-8,11,16H,6,9-10,12H2,1-3H3/b15-11+. The van der Waals surface area contributed by atoms with Gasteiger partial charge < -0.3 is 4.90 Å². The van der Waals surface area contributed by atoms with Crippen molar-refractivity contribution >= 4 is 11.9 Å². The molecule has 0 bridgehead atoms. The maximum absolute atomic E-state index is 12.5. The summed E-state index contributed by atoms with van der Waals surface area (Å²) in [6.07, 6.45) is 5.18. The topological polar surface area (TPSA) is 20.3 Å². The summed E-state index contributed by atoms with van der Waals surface area (Å²) in [6, 6.07) is 8.25. The largest absolute Gasteiger partial charge is 0.309 e. The highest BCUT2D eigenvalue weighted by Gasteiger charge is 2.26. The first kappa shape index (κ1) is 14.0. The van der Waals surface area contributed by atoms with Crippen LogP contribution in [0.5, 0.6) is 0 Å². The van der Waals surface area contributed by atoms with Crippen molar-refractivity contribution in [2.75, 3.05) is 20.6 Å². The third-order valence-corrected chi connectivity index (χ3v) is 3.79. The van der Waals surface area contributed by atoms with Crippen molar-refractivity contribution in [2.45, 2.75) is 26.2 Å². The first-order chi connectivity index (χ1) is 9.08. The molecule has 0 heterocycles. The molecule has 2 rings (SSSR count). The predicted octanol–water partition coefficient (Wildman–Crippen LogP) is 3.31. The molecule has 0 amide bonds. The van der Waals surface area contributed by atoms with E-state index < -0.39 is 0 Å². The molecule has 1 fully saturated rings. The molecule has 0 aliphatic heterocycles. The lowest BCUT2D eigenvalue weighted by Crippen LogP contribution is -2.31. The Labute approximate surface area is 116 Å². The highest BCUT2D eigenvalue weighted by Crippen LogP contribution is 2.27. The highest BCUT2D eigenvalue weighted by atomic mass is 16.1. The van der Waals surface area contributed by atoms with Gasteiger partial charge in [-0.1, -0.05) is 24.3 Å². The van der Waals surface area contributed by atoms with Crippen molar-refractivity contribution in [2.24, 2.45) is 5.92 Å². The van der Waals surface area contributed by atoms with Gasteiger partial charge in [-0.15, -0.1) is 0 Å². The molecule has 1 aromatic rings. The molecule has 0 radical (unpaired) electrons. The van der Waals surface area contributed by atoms with Gasteiger partial charge in [0.2, 0.25) is 0 Å². The van der Waals surface area contributed by atoms with E-state index in [-0.39, 0.29) is 5.92 Å². The summed E-state index contributed by atoms with van der Waals surface area (Å²) in [5.41, 5.74) is 3.42. The van der Waals surface area contributed by atoms with Crippen molar-refractivity contribution < 1.29 is 4.79 Å². The highest BCUT2D eigenvalue weighted by molar-refractivity contribution is 6.02. The second kappa shape index (κ2) is 6.16. The van der Waals surface area contributed by atoms with Crippen LogP contribution in [-0.2, 0) is 4.79 Å². The Morgan fingerprint density at radius 2 is 2.05 bits per heavy atom. The second-order valence-corrected chi connectivity index (χ2v) is 5.74. The number of ketones is 1. The van der Waals surface area contributed by atoms with Gasteiger partial charge in [-0.2, -0.15) is 0 Å². The summed E-state index contributed by atoms with van der Waals surface area (Å²) in [6.45, 7) is 2.96. The first-order valence-electron chi connectivity index (χ1n) is 7.03. The molecule has 2 heteroatoms. The van der Waals surface area contributed by atoms with E-state index in [0.717, 1.165) is 31.4 Å². The summed E-state index contributed by atoms with van der Waals surface area (Å²) in [4.78, 5) is 14.6. The van der Waals surface area contributed by atoms with Gasteiger partial charge in [0.1, 0.15) is 0 Å². The molecule has 1 aliphatic carbocycles. The van der Waals surface area contributed by atoms with Crippen LogP contribution in [0.2, 0.25) is 0 Å². The van der Waals surface area contributed by atoms with Crippen LogP contribution in [0, 0.1) is 12.8 Å². The molecule has 1 aliphatic rings. The van der Waals surface area contributed by atoms with Gasteiger partial charge in [0.15, 0.2) is 5.78 Å². The maximum atomic E-state index is 12.5. The zero-order valence-corrected chi connectivity index (χ0v) is 12.1. The van der Waals surface area contributed by atoms with Gasteiger partial charge in [0.25, 0.3) is 0 Å². The van der Waals surface area contributed by atoms with E-state index in [0.29, 0.717) is 5.78 Å². The lowest BCUT2D eigenvalue weighted by atomic mass is 9.83. The quantitative estimate of drug-likeness (QED) is 0.774. The molecule has 1 aromatic carbocycles. The van der Waals surface area contributed by atoms with E-state index in [1.165, 1.54) is 11.1 Å². The molecular weight excluding hydrogens is 234 g/mol. The van der Waals surface area contributed by atoms with Crippen LogP contribution >= 0.6 is 0 Å². The summed E-state index contributed by atoms with van der Waals surface area (Å²) >= 11 is 0. The number of rotatable bonds is 3. The summed E-state index contributed by atoms with van der Waals surface area (Å²) in [5, 5.41) is 0. The van der Waals surface area contributed by atoms with Gasteiger partial charge in [-0.05, 0) is 63.1 Å². The van der Waals surface area contributed by atoms with Crippen LogP contribution in [0.4, 0.5) is 0 Å². The summed E-state index contributed by atoms with van der Waals surface area (Å²) in [7, 11) is 4.07. The fraction of sp³-hybridized carbons (Fsp3) is 0.471. The fourth-order valence-electron chi connectivity index (χ4n) is 2.75. The zero-order chi connectivity index (χ0) is 13.8. The number of allylic oxidation sites excluding steroid dienone is 1. The number of aryl methyl sites for hydroxylation is 1. The van der Waals surface area contributed by atoms with Crippen molar-refractivity contribution in [1.82, 2.24) is 4.90 Å². The van der Waals surface area contributed by atoms with Gasteiger partial charge in [-0.25, -0.2) is 0 Å². The van der Waals surface area contributed by atoms with Crippen LogP contribution in [0.1, 0.15) is 30.4 Å². The van der Waals surface area contributed by atoms with Gasteiger partial charge in [-0.3, -0.25) is 4.79 Å². The second-order valence-electron chi connectivity index (χ2n) is 5.74. The van der Waals surface area contributed by atoms with Crippen molar-refractivity contribution in [3.05, 3.63) is 41.0 Å². The third-order valence-electron chi connectivity index (χ3n) is 3.79. The van der Waals surface area contributed by atoms with E-state index in [4.69, 9.17) is 0 Å². The Hall–Kier alpha value is -1.41. The molecule has 0 aromatic heterocycles. The molecule has 1 saturated carbocycles. The lowest BCUT2D eigenvalue weighted by Gasteiger charge is -2.25. The maximum Gasteiger partial charge on any atom is 0.163 e. The van der Waals surface area contributed by atoms with Crippen LogP contribution in [0.25, 0.3) is 6.08 Å². The van der Waals surface area contributed by atoms with E-state index in [9.17, 15) is 4.79 Å². The Kier molecular flexibility index (Phi) is 4.54. The van der Waals surface area contributed by atoms with E-state index in [1.54, 1.807) is 0 Å². The SMILES string of the molecule is Cc1ccccc1/C=C1\CCCC(CN(C)C)C1=O. The normalized spacial score (nSPS) is 22.2. The minimum Gasteiger partial charge on any atom is -0.309 e. The average molecular weight is 257 g/mol. The molecular formula is C17H23NO. The molecule has 102 valence electrons. The van der Waals surface area contributed by atoms with Gasteiger partial charge in [0.05, 0.1) is 0 Å². The minimum absolute atomic E-state index is 0.180. The van der Waals surface area contributed by atoms with E-state index in [2.05, 4.69) is 30.0 Å². The van der Waals surface area contributed by atoms with Crippen molar-refractivity contribution in [1.29, 1.82) is 0 Å². The number of hydrogen-bond acceptors (Lipinski definition) is 2. The zero-order valence-electron chi connectivity index (χ0n) is 12.1. The molecule has 0 saturated heterocycles. The number of hydrogen-bond donors (Lipinski definition) is 0. The Bertz CT molecular complexity index is 488. The van der Waals surface area contributed by atoms with Gasteiger partial charge >= 0.3 is 0 Å². The van der Waals surface area contributed by atoms with Crippen LogP contribution in [0.15, 0.2) is 29.8 Å². The first-order valence-corrected chi connectivity index (χ1v) is 7.03. The lowest BCUT2D eigenvalue weighted by molar-refractivity contribution is -0.120. The minimum atomic E-state index is 0.180. The molecule has 19 heavy (non-hydrogen) atoms. The molecule has 0 spiro atoms. The van der Waals surface area contributed by atoms with Crippen molar-refractivity contribution in [3.63, 3.8) is 0 Å². The summed E-state index contributed by atoms with van der Waals surface area (Å²) in [5.74, 6) is 0.530. The van der Waals surface area contributed by atoms with Gasteiger partial charge in [0, 0.05) is 12.5 Å². The van der Waals surface area contributed by atoms with E-state index in [1.807, 2.05) is 26.2 Å². The smallest absolute Gasteiger partial charge is 0.163 e.